The third-order valence-corrected chi connectivity index (χ3v) is 3.73. The van der Waals surface area contributed by atoms with Crippen molar-refractivity contribution < 1.29 is 0 Å². The normalized spacial score (nSPS) is 13.2. The lowest BCUT2D eigenvalue weighted by Crippen LogP contribution is -2.20. The van der Waals surface area contributed by atoms with Crippen molar-refractivity contribution in [2.24, 2.45) is 11.7 Å². The zero-order chi connectivity index (χ0) is 12.4. The fraction of sp³-hybridized carbons (Fsp3) is 0.500. The standard InChI is InChI=1S/C12H18N4S/c1-8(2)12(13)10-4-14-7-16(10)5-11-15-9(3)6-17-11/h4,6-8,12H,5,13H2,1-3H3. The number of hydrogen-bond donors (Lipinski definition) is 1. The second kappa shape index (κ2) is 4.98. The first kappa shape index (κ1) is 12.3. The smallest absolute Gasteiger partial charge is 0.113 e. The molecule has 0 bridgehead atoms. The Kier molecular flexibility index (Phi) is 3.59. The number of aromatic nitrogens is 3. The van der Waals surface area contributed by atoms with Crippen LogP contribution in [0.15, 0.2) is 17.9 Å². The van der Waals surface area contributed by atoms with Crippen LogP contribution < -0.4 is 5.73 Å². The van der Waals surface area contributed by atoms with Gasteiger partial charge in [0, 0.05) is 23.3 Å². The van der Waals surface area contributed by atoms with Gasteiger partial charge < -0.3 is 10.3 Å². The van der Waals surface area contributed by atoms with Crippen LogP contribution >= 0.6 is 11.3 Å². The minimum Gasteiger partial charge on any atom is -0.326 e. The van der Waals surface area contributed by atoms with Crippen LogP contribution in [0.4, 0.5) is 0 Å². The Morgan fingerprint density at radius 1 is 1.47 bits per heavy atom. The summed E-state index contributed by atoms with van der Waals surface area (Å²) in [4.78, 5) is 8.65. The molecule has 2 aromatic heterocycles. The van der Waals surface area contributed by atoms with Gasteiger partial charge in [0.2, 0.25) is 0 Å². The van der Waals surface area contributed by atoms with Crippen molar-refractivity contribution in [3.8, 4) is 0 Å². The van der Waals surface area contributed by atoms with Crippen molar-refractivity contribution in [2.45, 2.75) is 33.4 Å². The molecule has 0 amide bonds. The Bertz CT molecular complexity index is 486. The Morgan fingerprint density at radius 2 is 2.24 bits per heavy atom. The molecule has 0 saturated heterocycles. The predicted molar refractivity (Wildman–Crippen MR) is 69.9 cm³/mol. The molecular weight excluding hydrogens is 232 g/mol. The summed E-state index contributed by atoms with van der Waals surface area (Å²) in [5, 5.41) is 3.16. The number of nitrogens with two attached hydrogens (primary N) is 1. The number of aryl methyl sites for hydroxylation is 1. The van der Waals surface area contributed by atoms with Crippen LogP contribution in [0, 0.1) is 12.8 Å². The van der Waals surface area contributed by atoms with E-state index in [1.165, 1.54) is 0 Å². The molecule has 0 aliphatic carbocycles. The molecule has 0 aliphatic rings. The topological polar surface area (TPSA) is 56.7 Å². The molecule has 1 atom stereocenters. The highest BCUT2D eigenvalue weighted by atomic mass is 32.1. The van der Waals surface area contributed by atoms with Crippen LogP contribution in [0.3, 0.4) is 0 Å². The quantitative estimate of drug-likeness (QED) is 0.906. The summed E-state index contributed by atoms with van der Waals surface area (Å²) in [6.45, 7) is 7.01. The van der Waals surface area contributed by atoms with Crippen LogP contribution in [0.5, 0.6) is 0 Å². The Labute approximate surface area is 106 Å². The van der Waals surface area contributed by atoms with Crippen molar-refractivity contribution in [3.05, 3.63) is 34.3 Å². The van der Waals surface area contributed by atoms with Gasteiger partial charge in [0.25, 0.3) is 0 Å². The molecular formula is C12H18N4S. The second-order valence-corrected chi connectivity index (χ2v) is 5.54. The largest absolute Gasteiger partial charge is 0.326 e. The summed E-state index contributed by atoms with van der Waals surface area (Å²) in [6, 6.07) is 0.0264. The van der Waals surface area contributed by atoms with Crippen LogP contribution in [-0.4, -0.2) is 14.5 Å². The van der Waals surface area contributed by atoms with Gasteiger partial charge in [0.15, 0.2) is 0 Å². The molecule has 0 fully saturated rings. The highest BCUT2D eigenvalue weighted by Crippen LogP contribution is 2.20. The van der Waals surface area contributed by atoms with Gasteiger partial charge in [-0.1, -0.05) is 13.8 Å². The SMILES string of the molecule is Cc1csc(Cn2cncc2C(N)C(C)C)n1. The molecule has 0 saturated carbocycles. The first-order chi connectivity index (χ1) is 8.08. The lowest BCUT2D eigenvalue weighted by atomic mass is 10.0. The molecule has 92 valence electrons. The molecule has 0 spiro atoms. The van der Waals surface area contributed by atoms with Crippen molar-refractivity contribution >= 4 is 11.3 Å². The molecule has 5 heteroatoms. The molecule has 2 N–H and O–H groups in total. The van der Waals surface area contributed by atoms with E-state index in [2.05, 4.69) is 33.8 Å². The predicted octanol–water partition coefficient (Wildman–Crippen LogP) is 2.35. The fourth-order valence-corrected chi connectivity index (χ4v) is 2.47. The number of imidazole rings is 1. The van der Waals surface area contributed by atoms with E-state index in [-0.39, 0.29) is 6.04 Å². The monoisotopic (exact) mass is 250 g/mol. The van der Waals surface area contributed by atoms with Gasteiger partial charge in [-0.25, -0.2) is 9.97 Å². The molecule has 2 aromatic rings. The van der Waals surface area contributed by atoms with Crippen molar-refractivity contribution in [2.75, 3.05) is 0 Å². The van der Waals surface area contributed by atoms with Gasteiger partial charge in [-0.3, -0.25) is 0 Å². The number of thiazole rings is 1. The van der Waals surface area contributed by atoms with E-state index < -0.39 is 0 Å². The van der Waals surface area contributed by atoms with E-state index in [1.807, 2.05) is 19.4 Å². The van der Waals surface area contributed by atoms with E-state index >= 15 is 0 Å². The van der Waals surface area contributed by atoms with E-state index in [1.54, 1.807) is 11.3 Å². The van der Waals surface area contributed by atoms with E-state index in [9.17, 15) is 0 Å². The van der Waals surface area contributed by atoms with E-state index in [0.29, 0.717) is 5.92 Å². The Morgan fingerprint density at radius 3 is 2.82 bits per heavy atom. The van der Waals surface area contributed by atoms with Crippen LogP contribution in [0.25, 0.3) is 0 Å². The van der Waals surface area contributed by atoms with E-state index in [4.69, 9.17) is 5.73 Å². The lowest BCUT2D eigenvalue weighted by molar-refractivity contribution is 0.484. The molecule has 4 nitrogen and oxygen atoms in total. The van der Waals surface area contributed by atoms with Crippen LogP contribution in [0.2, 0.25) is 0 Å². The highest BCUT2D eigenvalue weighted by molar-refractivity contribution is 7.09. The van der Waals surface area contributed by atoms with Gasteiger partial charge >= 0.3 is 0 Å². The minimum absolute atomic E-state index is 0.0264. The molecule has 2 heterocycles. The number of nitrogens with zero attached hydrogens (tertiary/aromatic N) is 3. The molecule has 1 unspecified atom stereocenters. The maximum absolute atomic E-state index is 6.16. The average molecular weight is 250 g/mol. The number of rotatable bonds is 4. The first-order valence-corrected chi connectivity index (χ1v) is 6.62. The molecule has 17 heavy (non-hydrogen) atoms. The van der Waals surface area contributed by atoms with Crippen molar-refractivity contribution in [1.29, 1.82) is 0 Å². The Balaban J connectivity index is 2.19. The average Bonchev–Trinajstić information content (AvgIpc) is 2.87. The molecule has 2 rings (SSSR count). The third kappa shape index (κ3) is 2.73. The Hall–Kier alpha value is -1.20. The third-order valence-electron chi connectivity index (χ3n) is 2.78. The minimum atomic E-state index is 0.0264. The van der Waals surface area contributed by atoms with Crippen LogP contribution in [-0.2, 0) is 6.54 Å². The van der Waals surface area contributed by atoms with Gasteiger partial charge in [-0.2, -0.15) is 0 Å². The number of hydrogen-bond acceptors (Lipinski definition) is 4. The van der Waals surface area contributed by atoms with Crippen LogP contribution in [0.1, 0.15) is 36.3 Å². The summed E-state index contributed by atoms with van der Waals surface area (Å²) in [5.74, 6) is 0.406. The van der Waals surface area contributed by atoms with E-state index in [0.717, 1.165) is 22.9 Å². The summed E-state index contributed by atoms with van der Waals surface area (Å²) in [6.07, 6.45) is 3.68. The summed E-state index contributed by atoms with van der Waals surface area (Å²) < 4.78 is 2.09. The van der Waals surface area contributed by atoms with Crippen molar-refractivity contribution in [3.63, 3.8) is 0 Å². The zero-order valence-corrected chi connectivity index (χ0v) is 11.2. The summed E-state index contributed by atoms with van der Waals surface area (Å²) >= 11 is 1.68. The summed E-state index contributed by atoms with van der Waals surface area (Å²) in [7, 11) is 0. The molecule has 0 aromatic carbocycles. The van der Waals surface area contributed by atoms with Gasteiger partial charge in [0.1, 0.15) is 5.01 Å². The zero-order valence-electron chi connectivity index (χ0n) is 10.4. The molecule has 0 aliphatic heterocycles. The maximum atomic E-state index is 6.16. The fourth-order valence-electron chi connectivity index (χ4n) is 1.70. The van der Waals surface area contributed by atoms with Crippen molar-refractivity contribution in [1.82, 2.24) is 14.5 Å². The first-order valence-electron chi connectivity index (χ1n) is 5.74. The van der Waals surface area contributed by atoms with Gasteiger partial charge in [0.05, 0.1) is 18.6 Å². The lowest BCUT2D eigenvalue weighted by Gasteiger charge is -2.17. The highest BCUT2D eigenvalue weighted by Gasteiger charge is 2.15. The molecule has 0 radical (unpaired) electrons. The summed E-state index contributed by atoms with van der Waals surface area (Å²) in [5.41, 5.74) is 8.31. The maximum Gasteiger partial charge on any atom is 0.113 e. The second-order valence-electron chi connectivity index (χ2n) is 4.60. The van der Waals surface area contributed by atoms with Gasteiger partial charge in [-0.15, -0.1) is 11.3 Å². The van der Waals surface area contributed by atoms with Gasteiger partial charge in [-0.05, 0) is 12.8 Å².